The highest BCUT2D eigenvalue weighted by Gasteiger charge is 2.24. The summed E-state index contributed by atoms with van der Waals surface area (Å²) in [5, 5.41) is 6.44. The summed E-state index contributed by atoms with van der Waals surface area (Å²) in [6.45, 7) is 0. The minimum atomic E-state index is 0.983. The predicted octanol–water partition coefficient (Wildman–Crippen LogP) is 6.68. The molecule has 4 aromatic carbocycles. The Bertz CT molecular complexity index is 1170. The van der Waals surface area contributed by atoms with E-state index in [1.165, 1.54) is 44.5 Å². The molecule has 0 spiro atoms. The van der Waals surface area contributed by atoms with E-state index < -0.39 is 0 Å². The highest BCUT2D eigenvalue weighted by molar-refractivity contribution is 5.94. The number of anilines is 2. The van der Waals surface area contributed by atoms with Gasteiger partial charge in [-0.15, -0.1) is 0 Å². The van der Waals surface area contributed by atoms with Gasteiger partial charge in [0.15, 0.2) is 0 Å². The summed E-state index contributed by atoms with van der Waals surface area (Å²) in [4.78, 5) is 0. The summed E-state index contributed by atoms with van der Waals surface area (Å²) in [6.07, 6.45) is 0.983. The molecular weight excluding hydrogens is 352 g/mol. The van der Waals surface area contributed by atoms with Gasteiger partial charge in [0.25, 0.3) is 0 Å². The lowest BCUT2D eigenvalue weighted by atomic mass is 9.88. The van der Waals surface area contributed by atoms with Crippen molar-refractivity contribution in [2.24, 2.45) is 0 Å². The molecule has 2 nitrogen and oxygen atoms in total. The molecule has 1 aliphatic rings. The van der Waals surface area contributed by atoms with Crippen molar-refractivity contribution in [1.29, 1.82) is 0 Å². The first-order valence-corrected chi connectivity index (χ1v) is 10.1. The van der Waals surface area contributed by atoms with Crippen molar-refractivity contribution in [1.82, 2.24) is 0 Å². The Balaban J connectivity index is 1.73. The lowest BCUT2D eigenvalue weighted by molar-refractivity contribution is 1.26. The van der Waals surface area contributed by atoms with Gasteiger partial charge >= 0.3 is 0 Å². The molecule has 0 fully saturated rings. The van der Waals surface area contributed by atoms with E-state index in [0.717, 1.165) is 17.8 Å². The summed E-state index contributed by atoms with van der Waals surface area (Å²) >= 11 is 0. The molecule has 2 N–H and O–H groups in total. The highest BCUT2D eigenvalue weighted by atomic mass is 14.8. The van der Waals surface area contributed by atoms with Gasteiger partial charge < -0.3 is 10.6 Å². The first-order valence-electron chi connectivity index (χ1n) is 10.1. The Morgan fingerprint density at radius 3 is 1.79 bits per heavy atom. The Hall–Kier alpha value is -3.52. The van der Waals surface area contributed by atoms with Crippen LogP contribution in [0.1, 0.15) is 11.1 Å². The summed E-state index contributed by atoms with van der Waals surface area (Å²) in [5.41, 5.74) is 13.0. The van der Waals surface area contributed by atoms with Gasteiger partial charge in [0, 0.05) is 25.5 Å². The first kappa shape index (κ1) is 17.6. The number of fused-ring (bicyclic) bond motifs is 3. The lowest BCUT2D eigenvalue weighted by Gasteiger charge is -2.17. The zero-order chi connectivity index (χ0) is 19.8. The van der Waals surface area contributed by atoms with E-state index in [2.05, 4.69) is 95.6 Å². The van der Waals surface area contributed by atoms with Gasteiger partial charge in [-0.3, -0.25) is 0 Å². The molecule has 0 radical (unpaired) electrons. The summed E-state index contributed by atoms with van der Waals surface area (Å²) in [5.74, 6) is 0. The minimum Gasteiger partial charge on any atom is -0.388 e. The normalized spacial score (nSPS) is 11.7. The number of hydrogen-bond donors (Lipinski definition) is 2. The molecule has 0 atom stereocenters. The molecule has 0 unspecified atom stereocenters. The average Bonchev–Trinajstić information content (AvgIpc) is 3.17. The summed E-state index contributed by atoms with van der Waals surface area (Å²) in [7, 11) is 3.91. The predicted molar refractivity (Wildman–Crippen MR) is 125 cm³/mol. The monoisotopic (exact) mass is 376 g/mol. The van der Waals surface area contributed by atoms with E-state index >= 15 is 0 Å². The fraction of sp³-hybridized carbons (Fsp3) is 0.111. The first-order chi connectivity index (χ1) is 14.3. The van der Waals surface area contributed by atoms with Crippen LogP contribution >= 0.6 is 0 Å². The van der Waals surface area contributed by atoms with E-state index in [0.29, 0.717) is 0 Å². The minimum absolute atomic E-state index is 0.983. The van der Waals surface area contributed by atoms with Crippen LogP contribution in [-0.4, -0.2) is 14.1 Å². The molecule has 4 aromatic rings. The van der Waals surface area contributed by atoms with Crippen molar-refractivity contribution in [2.45, 2.75) is 6.42 Å². The zero-order valence-electron chi connectivity index (χ0n) is 16.8. The van der Waals surface area contributed by atoms with Crippen molar-refractivity contribution >= 4 is 11.4 Å². The third-order valence-electron chi connectivity index (χ3n) is 5.93. The third-order valence-corrected chi connectivity index (χ3v) is 5.93. The van der Waals surface area contributed by atoms with Crippen molar-refractivity contribution in [3.05, 3.63) is 96.1 Å². The van der Waals surface area contributed by atoms with Crippen LogP contribution in [0.4, 0.5) is 11.4 Å². The van der Waals surface area contributed by atoms with Gasteiger partial charge in [-0.25, -0.2) is 0 Å². The van der Waals surface area contributed by atoms with Gasteiger partial charge in [-0.05, 0) is 75.2 Å². The molecule has 0 aliphatic heterocycles. The molecule has 5 rings (SSSR count). The van der Waals surface area contributed by atoms with E-state index in [9.17, 15) is 0 Å². The van der Waals surface area contributed by atoms with Crippen molar-refractivity contribution in [3.8, 4) is 33.4 Å². The standard InChI is InChI=1S/C27H24N2/c1-28-21-11-7-18(8-12-21)24-15-16-25-23-6-4-3-5-20(23)17-26(25)27(24)19-9-13-22(29-2)14-10-19/h3-16,28-29H,17H2,1-2H3. The van der Waals surface area contributed by atoms with Crippen molar-refractivity contribution < 1.29 is 0 Å². The molecule has 0 saturated carbocycles. The number of benzene rings is 4. The van der Waals surface area contributed by atoms with Crippen molar-refractivity contribution in [3.63, 3.8) is 0 Å². The van der Waals surface area contributed by atoms with Crippen LogP contribution in [0.5, 0.6) is 0 Å². The van der Waals surface area contributed by atoms with Crippen molar-refractivity contribution in [2.75, 3.05) is 24.7 Å². The molecule has 2 heteroatoms. The van der Waals surface area contributed by atoms with Gasteiger partial charge in [0.05, 0.1) is 0 Å². The largest absolute Gasteiger partial charge is 0.388 e. The zero-order valence-corrected chi connectivity index (χ0v) is 16.8. The average molecular weight is 377 g/mol. The Morgan fingerprint density at radius 1 is 0.552 bits per heavy atom. The SMILES string of the molecule is CNc1ccc(-c2ccc3c(c2-c2ccc(NC)cc2)Cc2ccccc2-3)cc1. The molecule has 142 valence electrons. The molecule has 29 heavy (non-hydrogen) atoms. The van der Waals surface area contributed by atoms with Crippen LogP contribution in [0.15, 0.2) is 84.9 Å². The third kappa shape index (κ3) is 2.98. The van der Waals surface area contributed by atoms with E-state index in [1.54, 1.807) is 0 Å². The van der Waals surface area contributed by atoms with E-state index in [-0.39, 0.29) is 0 Å². The van der Waals surface area contributed by atoms with Gasteiger partial charge in [0.2, 0.25) is 0 Å². The maximum Gasteiger partial charge on any atom is 0.0337 e. The van der Waals surface area contributed by atoms with Crippen LogP contribution in [0, 0.1) is 0 Å². The molecule has 0 heterocycles. The van der Waals surface area contributed by atoms with E-state index in [1.807, 2.05) is 14.1 Å². The van der Waals surface area contributed by atoms with E-state index in [4.69, 9.17) is 0 Å². The van der Waals surface area contributed by atoms with Crippen LogP contribution in [0.2, 0.25) is 0 Å². The molecular formula is C27H24N2. The molecule has 0 bridgehead atoms. The number of nitrogens with one attached hydrogen (secondary N) is 2. The maximum atomic E-state index is 3.22. The quantitative estimate of drug-likeness (QED) is 0.366. The highest BCUT2D eigenvalue weighted by Crippen LogP contribution is 2.46. The van der Waals surface area contributed by atoms with Gasteiger partial charge in [-0.1, -0.05) is 60.7 Å². The fourth-order valence-electron chi connectivity index (χ4n) is 4.40. The second kappa shape index (κ2) is 7.14. The summed E-state index contributed by atoms with van der Waals surface area (Å²) < 4.78 is 0. The number of hydrogen-bond acceptors (Lipinski definition) is 2. The molecule has 0 saturated heterocycles. The Morgan fingerprint density at radius 2 is 1.14 bits per heavy atom. The Kier molecular flexibility index (Phi) is 4.33. The molecule has 0 amide bonds. The Labute approximate surface area is 172 Å². The van der Waals surface area contributed by atoms with Crippen LogP contribution < -0.4 is 10.6 Å². The number of rotatable bonds is 4. The van der Waals surface area contributed by atoms with Crippen LogP contribution in [-0.2, 0) is 6.42 Å². The lowest BCUT2D eigenvalue weighted by Crippen LogP contribution is -1.94. The second-order valence-electron chi connectivity index (χ2n) is 7.50. The van der Waals surface area contributed by atoms with Crippen LogP contribution in [0.25, 0.3) is 33.4 Å². The van der Waals surface area contributed by atoms with Crippen LogP contribution in [0.3, 0.4) is 0 Å². The summed E-state index contributed by atoms with van der Waals surface area (Å²) in [6, 6.07) is 30.9. The smallest absolute Gasteiger partial charge is 0.0337 e. The van der Waals surface area contributed by atoms with Gasteiger partial charge in [-0.2, -0.15) is 0 Å². The topological polar surface area (TPSA) is 24.1 Å². The molecule has 1 aliphatic carbocycles. The van der Waals surface area contributed by atoms with Gasteiger partial charge in [0.1, 0.15) is 0 Å². The molecule has 0 aromatic heterocycles. The second-order valence-corrected chi connectivity index (χ2v) is 7.50. The maximum absolute atomic E-state index is 3.22. The fourth-order valence-corrected chi connectivity index (χ4v) is 4.40.